The number of nitrogens with one attached hydrogen (secondary N) is 2. The summed E-state index contributed by atoms with van der Waals surface area (Å²) in [5.74, 6) is 0. The number of hydrogen-bond acceptors (Lipinski definition) is 5. The van der Waals surface area contributed by atoms with E-state index in [2.05, 4.69) is 10.0 Å². The molecule has 0 fully saturated rings. The minimum Gasteiger partial charge on any atom is -0.385 e. The maximum atomic E-state index is 12.7. The monoisotopic (exact) mass is 415 g/mol. The van der Waals surface area contributed by atoms with Gasteiger partial charge in [-0.2, -0.15) is 0 Å². The van der Waals surface area contributed by atoms with Gasteiger partial charge in [0.2, 0.25) is 10.0 Å². The number of rotatable bonds is 6. The van der Waals surface area contributed by atoms with Gasteiger partial charge in [0.15, 0.2) is 0 Å². The van der Waals surface area contributed by atoms with E-state index in [-0.39, 0.29) is 4.90 Å². The highest BCUT2D eigenvalue weighted by Crippen LogP contribution is 2.34. The standard InChI is InChI=1S/C21H25N3O2S2/c1-5-22-18-13-16(28(25,26)24-21(2,3)4)11-12-17(18)19-14-27-20(23-19)15-9-7-6-8-10-15/h6-14,22,24H,5H2,1-4H3. The number of aromatic nitrogens is 1. The van der Waals surface area contributed by atoms with Crippen LogP contribution in [0.2, 0.25) is 0 Å². The summed E-state index contributed by atoms with van der Waals surface area (Å²) in [5, 5.41) is 6.21. The van der Waals surface area contributed by atoms with Crippen molar-refractivity contribution < 1.29 is 8.42 Å². The van der Waals surface area contributed by atoms with Crippen molar-refractivity contribution in [2.45, 2.75) is 38.1 Å². The summed E-state index contributed by atoms with van der Waals surface area (Å²) in [6.45, 7) is 8.13. The Hall–Kier alpha value is -2.22. The summed E-state index contributed by atoms with van der Waals surface area (Å²) in [6, 6.07) is 15.1. The van der Waals surface area contributed by atoms with E-state index in [4.69, 9.17) is 4.98 Å². The maximum absolute atomic E-state index is 12.7. The number of sulfonamides is 1. The zero-order valence-corrected chi connectivity index (χ0v) is 18.1. The van der Waals surface area contributed by atoms with E-state index in [1.54, 1.807) is 23.5 Å². The van der Waals surface area contributed by atoms with Gasteiger partial charge in [-0.1, -0.05) is 30.3 Å². The molecule has 5 nitrogen and oxygen atoms in total. The summed E-state index contributed by atoms with van der Waals surface area (Å²) >= 11 is 1.57. The van der Waals surface area contributed by atoms with Crippen molar-refractivity contribution in [3.05, 3.63) is 53.9 Å². The second kappa shape index (κ2) is 8.03. The summed E-state index contributed by atoms with van der Waals surface area (Å²) in [7, 11) is -3.60. The average molecular weight is 416 g/mol. The number of thiazole rings is 1. The average Bonchev–Trinajstić information content (AvgIpc) is 3.10. The molecule has 0 saturated heterocycles. The normalized spacial score (nSPS) is 12.1. The minimum atomic E-state index is -3.60. The van der Waals surface area contributed by atoms with Crippen molar-refractivity contribution in [1.82, 2.24) is 9.71 Å². The van der Waals surface area contributed by atoms with Crippen molar-refractivity contribution >= 4 is 27.0 Å². The van der Waals surface area contributed by atoms with Crippen LogP contribution in [0.4, 0.5) is 5.69 Å². The Bertz CT molecular complexity index is 1050. The highest BCUT2D eigenvalue weighted by molar-refractivity contribution is 7.89. The third-order valence-corrected chi connectivity index (χ3v) is 6.56. The van der Waals surface area contributed by atoms with Crippen LogP contribution in [-0.4, -0.2) is 25.5 Å². The predicted octanol–water partition coefficient (Wildman–Crippen LogP) is 4.99. The molecule has 0 radical (unpaired) electrons. The highest BCUT2D eigenvalue weighted by Gasteiger charge is 2.23. The number of nitrogens with zero attached hydrogens (tertiary/aromatic N) is 1. The molecule has 0 aliphatic carbocycles. The zero-order valence-electron chi connectivity index (χ0n) is 16.5. The van der Waals surface area contributed by atoms with Crippen LogP contribution in [-0.2, 0) is 10.0 Å². The van der Waals surface area contributed by atoms with Gasteiger partial charge in [0.1, 0.15) is 5.01 Å². The van der Waals surface area contributed by atoms with Crippen LogP contribution >= 0.6 is 11.3 Å². The lowest BCUT2D eigenvalue weighted by Gasteiger charge is -2.21. The lowest BCUT2D eigenvalue weighted by atomic mass is 10.1. The van der Waals surface area contributed by atoms with Gasteiger partial charge in [0, 0.05) is 34.3 Å². The van der Waals surface area contributed by atoms with Gasteiger partial charge in [-0.3, -0.25) is 0 Å². The first-order valence-electron chi connectivity index (χ1n) is 9.13. The van der Waals surface area contributed by atoms with E-state index in [0.29, 0.717) is 6.54 Å². The lowest BCUT2D eigenvalue weighted by molar-refractivity contribution is 0.491. The quantitative estimate of drug-likeness (QED) is 0.595. The van der Waals surface area contributed by atoms with E-state index >= 15 is 0 Å². The SMILES string of the molecule is CCNc1cc(S(=O)(=O)NC(C)(C)C)ccc1-c1csc(-c2ccccc2)n1. The van der Waals surface area contributed by atoms with Gasteiger partial charge in [-0.15, -0.1) is 11.3 Å². The molecular weight excluding hydrogens is 390 g/mol. The van der Waals surface area contributed by atoms with Gasteiger partial charge in [0.25, 0.3) is 0 Å². The number of hydrogen-bond donors (Lipinski definition) is 2. The molecule has 2 N–H and O–H groups in total. The molecule has 0 unspecified atom stereocenters. The molecule has 3 aromatic rings. The van der Waals surface area contributed by atoms with Gasteiger partial charge < -0.3 is 5.32 Å². The van der Waals surface area contributed by atoms with E-state index in [1.165, 1.54) is 0 Å². The fourth-order valence-corrected chi connectivity index (χ4v) is 5.09. The van der Waals surface area contributed by atoms with E-state index in [1.807, 2.05) is 69.5 Å². The van der Waals surface area contributed by atoms with Crippen molar-refractivity contribution in [2.75, 3.05) is 11.9 Å². The Labute approximate surface area is 170 Å². The Morgan fingerprint density at radius 2 is 1.79 bits per heavy atom. The van der Waals surface area contributed by atoms with Gasteiger partial charge in [0.05, 0.1) is 10.6 Å². The lowest BCUT2D eigenvalue weighted by Crippen LogP contribution is -2.40. The molecule has 0 spiro atoms. The largest absolute Gasteiger partial charge is 0.385 e. The Kier molecular flexibility index (Phi) is 5.88. The van der Waals surface area contributed by atoms with Crippen LogP contribution in [0.5, 0.6) is 0 Å². The van der Waals surface area contributed by atoms with Crippen LogP contribution in [0.1, 0.15) is 27.7 Å². The number of benzene rings is 2. The van der Waals surface area contributed by atoms with Crippen LogP contribution in [0.15, 0.2) is 58.8 Å². The predicted molar refractivity (Wildman–Crippen MR) is 117 cm³/mol. The van der Waals surface area contributed by atoms with Crippen LogP contribution in [0, 0.1) is 0 Å². The molecule has 1 aromatic heterocycles. The first-order chi connectivity index (χ1) is 13.2. The molecule has 0 saturated carbocycles. The third kappa shape index (κ3) is 4.79. The molecule has 0 bridgehead atoms. The number of anilines is 1. The Morgan fingerprint density at radius 1 is 1.07 bits per heavy atom. The van der Waals surface area contributed by atoms with Crippen molar-refractivity contribution in [3.63, 3.8) is 0 Å². The van der Waals surface area contributed by atoms with Crippen LogP contribution < -0.4 is 10.0 Å². The zero-order chi connectivity index (χ0) is 20.4. The minimum absolute atomic E-state index is 0.237. The first kappa shape index (κ1) is 20.5. The first-order valence-corrected chi connectivity index (χ1v) is 11.5. The maximum Gasteiger partial charge on any atom is 0.241 e. The van der Waals surface area contributed by atoms with E-state index in [9.17, 15) is 8.42 Å². The molecule has 7 heteroatoms. The summed E-state index contributed by atoms with van der Waals surface area (Å²) < 4.78 is 28.1. The molecule has 0 aliphatic heterocycles. The van der Waals surface area contributed by atoms with Crippen LogP contribution in [0.3, 0.4) is 0 Å². The highest BCUT2D eigenvalue weighted by atomic mass is 32.2. The van der Waals surface area contributed by atoms with Gasteiger partial charge >= 0.3 is 0 Å². The summed E-state index contributed by atoms with van der Waals surface area (Å²) in [5.41, 5.74) is 2.99. The molecule has 3 rings (SSSR count). The fraction of sp³-hybridized carbons (Fsp3) is 0.286. The molecule has 148 valence electrons. The molecule has 1 heterocycles. The third-order valence-electron chi connectivity index (χ3n) is 3.91. The van der Waals surface area contributed by atoms with Crippen molar-refractivity contribution in [3.8, 4) is 21.8 Å². The molecule has 28 heavy (non-hydrogen) atoms. The van der Waals surface area contributed by atoms with Crippen molar-refractivity contribution in [1.29, 1.82) is 0 Å². The molecule has 2 aromatic carbocycles. The van der Waals surface area contributed by atoms with E-state index in [0.717, 1.165) is 27.5 Å². The van der Waals surface area contributed by atoms with E-state index < -0.39 is 15.6 Å². The smallest absolute Gasteiger partial charge is 0.241 e. The van der Waals surface area contributed by atoms with Gasteiger partial charge in [-0.05, 0) is 45.9 Å². The molecule has 0 amide bonds. The summed E-state index contributed by atoms with van der Waals surface area (Å²) in [6.07, 6.45) is 0. The van der Waals surface area contributed by atoms with Crippen molar-refractivity contribution in [2.24, 2.45) is 0 Å². The second-order valence-corrected chi connectivity index (χ2v) is 10.0. The Morgan fingerprint density at radius 3 is 2.43 bits per heavy atom. The summed E-state index contributed by atoms with van der Waals surface area (Å²) in [4.78, 5) is 5.00. The fourth-order valence-electron chi connectivity index (χ4n) is 2.82. The molecule has 0 atom stereocenters. The second-order valence-electron chi connectivity index (χ2n) is 7.50. The van der Waals surface area contributed by atoms with Gasteiger partial charge in [-0.25, -0.2) is 18.1 Å². The molecule has 0 aliphatic rings. The molecular formula is C21H25N3O2S2. The van der Waals surface area contributed by atoms with Crippen LogP contribution in [0.25, 0.3) is 21.8 Å². The Balaban J connectivity index is 2.00. The topological polar surface area (TPSA) is 71.1 Å².